The van der Waals surface area contributed by atoms with Crippen molar-refractivity contribution in [2.75, 3.05) is 18.0 Å². The normalized spacial score (nSPS) is 26.8. The molecule has 1 N–H and O–H groups in total. The summed E-state index contributed by atoms with van der Waals surface area (Å²) in [5.74, 6) is 0.592. The molecule has 1 aromatic heterocycles. The second-order valence-electron chi connectivity index (χ2n) is 8.05. The molecule has 7 heteroatoms. The highest BCUT2D eigenvalue weighted by atomic mass is 35.5. The number of thiophene rings is 1. The van der Waals surface area contributed by atoms with Gasteiger partial charge in [-0.3, -0.25) is 4.79 Å². The zero-order chi connectivity index (χ0) is 19.8. The second-order valence-corrected chi connectivity index (χ2v) is 9.76. The first kappa shape index (κ1) is 19.4. The van der Waals surface area contributed by atoms with Gasteiger partial charge in [-0.2, -0.15) is 0 Å². The maximum Gasteiger partial charge on any atom is 0.261 e. The van der Waals surface area contributed by atoms with Crippen molar-refractivity contribution < 1.29 is 14.3 Å². The Morgan fingerprint density at radius 2 is 1.90 bits per heavy atom. The Bertz CT molecular complexity index is 865. The molecular weight excluding hydrogens is 408 g/mol. The smallest absolute Gasteiger partial charge is 0.261 e. The predicted octanol–water partition coefficient (Wildman–Crippen LogP) is 4.77. The second kappa shape index (κ2) is 8.26. The zero-order valence-corrected chi connectivity index (χ0v) is 17.8. The summed E-state index contributed by atoms with van der Waals surface area (Å²) in [7, 11) is 0. The van der Waals surface area contributed by atoms with Gasteiger partial charge >= 0.3 is 0 Å². The van der Waals surface area contributed by atoms with E-state index < -0.39 is 0 Å². The molecule has 1 saturated carbocycles. The molecule has 3 heterocycles. The van der Waals surface area contributed by atoms with Crippen molar-refractivity contribution in [2.24, 2.45) is 0 Å². The Morgan fingerprint density at radius 1 is 1.10 bits per heavy atom. The van der Waals surface area contributed by atoms with Crippen LogP contribution in [0.5, 0.6) is 0 Å². The highest BCUT2D eigenvalue weighted by molar-refractivity contribution is 7.17. The van der Waals surface area contributed by atoms with Crippen LogP contribution in [-0.4, -0.2) is 37.6 Å². The summed E-state index contributed by atoms with van der Waals surface area (Å²) in [4.78, 5) is 15.1. The number of carbonyl (C=O) groups is 1. The Morgan fingerprint density at radius 3 is 2.62 bits per heavy atom. The number of morpholine rings is 1. The Balaban J connectivity index is 1.20. The first-order chi connectivity index (χ1) is 14.2. The summed E-state index contributed by atoms with van der Waals surface area (Å²) >= 11 is 7.20. The van der Waals surface area contributed by atoms with Gasteiger partial charge in [-0.1, -0.05) is 43.0 Å². The lowest BCUT2D eigenvalue weighted by Crippen LogP contribution is -2.47. The first-order valence-electron chi connectivity index (χ1n) is 10.4. The van der Waals surface area contributed by atoms with E-state index in [-0.39, 0.29) is 24.5 Å². The Hall–Kier alpha value is -1.60. The number of benzene rings is 1. The Kier molecular flexibility index (Phi) is 5.52. The SMILES string of the molecule is O=C(NC[C@H]1CN(c2ccc(C3CCCCC3)cc2)C2OC2O1)c1ccc(Cl)s1. The van der Waals surface area contributed by atoms with Crippen molar-refractivity contribution in [1.82, 2.24) is 5.32 Å². The molecule has 5 rings (SSSR count). The van der Waals surface area contributed by atoms with Gasteiger partial charge in [-0.05, 0) is 48.6 Å². The molecule has 2 aliphatic heterocycles. The fraction of sp³-hybridized carbons (Fsp3) is 0.500. The average Bonchev–Trinajstić information content (AvgIpc) is 3.42. The van der Waals surface area contributed by atoms with Crippen LogP contribution >= 0.6 is 22.9 Å². The van der Waals surface area contributed by atoms with Crippen LogP contribution < -0.4 is 10.2 Å². The quantitative estimate of drug-likeness (QED) is 0.691. The number of fused-ring (bicyclic) bond motifs is 1. The van der Waals surface area contributed by atoms with Gasteiger partial charge in [-0.15, -0.1) is 11.3 Å². The molecule has 29 heavy (non-hydrogen) atoms. The fourth-order valence-electron chi connectivity index (χ4n) is 4.44. The highest BCUT2D eigenvalue weighted by Crippen LogP contribution is 2.38. The van der Waals surface area contributed by atoms with Crippen LogP contribution in [0.2, 0.25) is 4.34 Å². The van der Waals surface area contributed by atoms with Crippen molar-refractivity contribution in [2.45, 2.75) is 56.6 Å². The minimum atomic E-state index is -0.208. The highest BCUT2D eigenvalue weighted by Gasteiger charge is 2.51. The van der Waals surface area contributed by atoms with E-state index in [2.05, 4.69) is 34.5 Å². The van der Waals surface area contributed by atoms with Gasteiger partial charge in [-0.25, -0.2) is 0 Å². The van der Waals surface area contributed by atoms with E-state index in [4.69, 9.17) is 21.1 Å². The molecular formula is C22H25ClN2O3S. The number of amides is 1. The van der Waals surface area contributed by atoms with Crippen molar-refractivity contribution in [3.63, 3.8) is 0 Å². The van der Waals surface area contributed by atoms with Crippen LogP contribution in [0.3, 0.4) is 0 Å². The first-order valence-corrected chi connectivity index (χ1v) is 11.6. The van der Waals surface area contributed by atoms with Crippen LogP contribution in [0, 0.1) is 0 Å². The van der Waals surface area contributed by atoms with Crippen molar-refractivity contribution in [3.8, 4) is 0 Å². The maximum absolute atomic E-state index is 12.3. The number of hydrogen-bond donors (Lipinski definition) is 1. The summed E-state index contributed by atoms with van der Waals surface area (Å²) in [5, 5.41) is 2.95. The minimum Gasteiger partial charge on any atom is -0.349 e. The molecule has 0 bridgehead atoms. The number of rotatable bonds is 5. The minimum absolute atomic E-state index is 0.0152. The summed E-state index contributed by atoms with van der Waals surface area (Å²) < 4.78 is 12.2. The number of anilines is 1. The van der Waals surface area contributed by atoms with Crippen LogP contribution in [0.4, 0.5) is 5.69 Å². The third-order valence-corrected chi connectivity index (χ3v) is 7.28. The third-order valence-electron chi connectivity index (χ3n) is 6.05. The third kappa shape index (κ3) is 4.31. The molecule has 0 radical (unpaired) electrons. The summed E-state index contributed by atoms with van der Waals surface area (Å²) in [6.07, 6.45) is 6.34. The molecule has 5 nitrogen and oxygen atoms in total. The molecule has 2 unspecified atom stereocenters. The summed E-state index contributed by atoms with van der Waals surface area (Å²) in [6.45, 7) is 1.13. The number of hydrogen-bond acceptors (Lipinski definition) is 5. The molecule has 0 spiro atoms. The number of halogens is 1. The number of epoxide rings is 1. The van der Waals surface area contributed by atoms with Gasteiger partial charge in [0.1, 0.15) is 0 Å². The Labute approximate surface area is 179 Å². The van der Waals surface area contributed by atoms with Crippen molar-refractivity contribution in [1.29, 1.82) is 0 Å². The van der Waals surface area contributed by atoms with Crippen molar-refractivity contribution in [3.05, 3.63) is 51.2 Å². The van der Waals surface area contributed by atoms with Crippen LogP contribution in [0.25, 0.3) is 0 Å². The lowest BCUT2D eigenvalue weighted by atomic mass is 9.84. The molecule has 3 aliphatic rings. The molecule has 3 atom stereocenters. The van der Waals surface area contributed by atoms with Gasteiger partial charge in [0.15, 0.2) is 6.23 Å². The van der Waals surface area contributed by atoms with E-state index in [0.717, 1.165) is 5.69 Å². The van der Waals surface area contributed by atoms with E-state index in [1.54, 1.807) is 12.1 Å². The number of nitrogens with zero attached hydrogens (tertiary/aromatic N) is 1. The molecule has 1 aliphatic carbocycles. The van der Waals surface area contributed by atoms with Gasteiger partial charge in [0.05, 0.1) is 15.3 Å². The average molecular weight is 433 g/mol. The topological polar surface area (TPSA) is 54.1 Å². The number of nitrogens with one attached hydrogen (secondary N) is 1. The molecule has 3 fully saturated rings. The van der Waals surface area contributed by atoms with Gasteiger partial charge in [0.2, 0.25) is 6.29 Å². The number of carbonyl (C=O) groups excluding carboxylic acids is 1. The van der Waals surface area contributed by atoms with E-state index in [9.17, 15) is 4.79 Å². The van der Waals surface area contributed by atoms with E-state index >= 15 is 0 Å². The maximum atomic E-state index is 12.3. The van der Waals surface area contributed by atoms with E-state index in [1.807, 2.05) is 0 Å². The van der Waals surface area contributed by atoms with Crippen LogP contribution in [0.1, 0.15) is 53.3 Å². The lowest BCUT2D eigenvalue weighted by molar-refractivity contribution is -0.0100. The lowest BCUT2D eigenvalue weighted by Gasteiger charge is -2.32. The molecule has 154 valence electrons. The summed E-state index contributed by atoms with van der Waals surface area (Å²) in [6, 6.07) is 12.4. The molecule has 1 aromatic carbocycles. The molecule has 2 aromatic rings. The van der Waals surface area contributed by atoms with Crippen LogP contribution in [0.15, 0.2) is 36.4 Å². The fourth-order valence-corrected chi connectivity index (χ4v) is 5.40. The molecule has 2 saturated heterocycles. The molecule has 1 amide bonds. The zero-order valence-electron chi connectivity index (χ0n) is 16.2. The number of ether oxygens (including phenoxy) is 2. The largest absolute Gasteiger partial charge is 0.349 e. The van der Waals surface area contributed by atoms with Gasteiger partial charge < -0.3 is 19.7 Å². The van der Waals surface area contributed by atoms with E-state index in [0.29, 0.717) is 28.2 Å². The van der Waals surface area contributed by atoms with Crippen LogP contribution in [-0.2, 0) is 9.47 Å². The van der Waals surface area contributed by atoms with Crippen molar-refractivity contribution >= 4 is 34.5 Å². The predicted molar refractivity (Wildman–Crippen MR) is 115 cm³/mol. The van der Waals surface area contributed by atoms with Gasteiger partial charge in [0.25, 0.3) is 5.91 Å². The van der Waals surface area contributed by atoms with E-state index in [1.165, 1.54) is 49.0 Å². The van der Waals surface area contributed by atoms with Gasteiger partial charge in [0, 0.05) is 18.8 Å². The summed E-state index contributed by atoms with van der Waals surface area (Å²) in [5.41, 5.74) is 2.61. The standard InChI is InChI=1S/C22H25ClN2O3S/c23-19-11-10-18(29-19)20(26)24-12-17-13-25(21-22(27-17)28-21)16-8-6-15(7-9-16)14-4-2-1-3-5-14/h6-11,14,17,21-22H,1-5,12-13H2,(H,24,26)/t17-,21?,22?/m0/s1. The monoisotopic (exact) mass is 432 g/mol.